The van der Waals surface area contributed by atoms with Gasteiger partial charge in [0.1, 0.15) is 5.82 Å². The molecule has 1 saturated heterocycles. The summed E-state index contributed by atoms with van der Waals surface area (Å²) in [6.07, 6.45) is 6.02. The van der Waals surface area contributed by atoms with Crippen LogP contribution >= 0.6 is 0 Å². The van der Waals surface area contributed by atoms with E-state index < -0.39 is 0 Å². The van der Waals surface area contributed by atoms with Crippen molar-refractivity contribution in [2.24, 2.45) is 16.7 Å². The summed E-state index contributed by atoms with van der Waals surface area (Å²) in [4.78, 5) is 22.4. The van der Waals surface area contributed by atoms with E-state index in [-0.39, 0.29) is 10.8 Å². The first kappa shape index (κ1) is 16.6. The van der Waals surface area contributed by atoms with E-state index in [1.54, 1.807) is 0 Å². The Morgan fingerprint density at radius 3 is 2.76 bits per heavy atom. The number of hydrogen-bond acceptors (Lipinski definition) is 3. The highest BCUT2D eigenvalue weighted by molar-refractivity contribution is 5.87. The molecule has 0 N–H and O–H groups in total. The van der Waals surface area contributed by atoms with Crippen LogP contribution in [-0.4, -0.2) is 42.0 Å². The summed E-state index contributed by atoms with van der Waals surface area (Å²) in [5, 5.41) is 0. The molecule has 2 atom stereocenters. The summed E-state index contributed by atoms with van der Waals surface area (Å²) in [5.74, 6) is 1.98. The second-order valence-electron chi connectivity index (χ2n) is 8.54. The number of aromatic nitrogens is 1. The molecule has 2 aliphatic carbocycles. The van der Waals surface area contributed by atoms with Gasteiger partial charge in [-0.25, -0.2) is 4.98 Å². The minimum atomic E-state index is -0.283. The van der Waals surface area contributed by atoms with Crippen molar-refractivity contribution < 1.29 is 4.79 Å². The van der Waals surface area contributed by atoms with Crippen LogP contribution in [0.3, 0.4) is 0 Å². The molecule has 4 nitrogen and oxygen atoms in total. The van der Waals surface area contributed by atoms with E-state index in [9.17, 15) is 4.79 Å². The number of amides is 1. The molecular weight excluding hydrogens is 310 g/mol. The zero-order valence-electron chi connectivity index (χ0n) is 15.5. The first-order valence-electron chi connectivity index (χ1n) is 9.60. The molecule has 1 amide bonds. The van der Waals surface area contributed by atoms with Crippen molar-refractivity contribution in [1.29, 1.82) is 0 Å². The lowest BCUT2D eigenvalue weighted by atomic mass is 9.68. The molecule has 4 rings (SSSR count). The van der Waals surface area contributed by atoms with Crippen molar-refractivity contribution in [2.45, 2.75) is 39.5 Å². The Morgan fingerprint density at radius 1 is 1.24 bits per heavy atom. The fraction of sp³-hybridized carbons (Fsp3) is 0.619. The van der Waals surface area contributed by atoms with Crippen LogP contribution in [-0.2, 0) is 4.79 Å². The lowest BCUT2D eigenvalue weighted by Gasteiger charge is -2.39. The van der Waals surface area contributed by atoms with Crippen LogP contribution < -0.4 is 4.90 Å². The monoisotopic (exact) mass is 339 g/mol. The predicted octanol–water partition coefficient (Wildman–Crippen LogP) is 3.50. The van der Waals surface area contributed by atoms with Gasteiger partial charge in [0, 0.05) is 32.4 Å². The van der Waals surface area contributed by atoms with E-state index in [0.717, 1.165) is 51.3 Å². The summed E-state index contributed by atoms with van der Waals surface area (Å²) in [6, 6.07) is 6.03. The minimum Gasteiger partial charge on any atom is -0.355 e. The van der Waals surface area contributed by atoms with Crippen LogP contribution in [0.1, 0.15) is 39.5 Å². The van der Waals surface area contributed by atoms with Crippen LogP contribution in [0.25, 0.3) is 0 Å². The maximum Gasteiger partial charge on any atom is 0.232 e. The molecule has 2 saturated carbocycles. The third-order valence-corrected chi connectivity index (χ3v) is 7.06. The van der Waals surface area contributed by atoms with Gasteiger partial charge in [0.2, 0.25) is 5.91 Å². The van der Waals surface area contributed by atoms with Crippen LogP contribution in [0.5, 0.6) is 0 Å². The normalized spacial score (nSPS) is 31.3. The van der Waals surface area contributed by atoms with Crippen LogP contribution in [0.2, 0.25) is 0 Å². The van der Waals surface area contributed by atoms with E-state index in [1.807, 2.05) is 18.3 Å². The highest BCUT2D eigenvalue weighted by atomic mass is 16.2. The van der Waals surface area contributed by atoms with E-state index in [2.05, 4.69) is 41.3 Å². The second kappa shape index (κ2) is 5.86. The van der Waals surface area contributed by atoms with Gasteiger partial charge in [-0.15, -0.1) is 0 Å². The van der Waals surface area contributed by atoms with Crippen molar-refractivity contribution in [3.63, 3.8) is 0 Å². The Hall–Kier alpha value is -1.84. The molecular formula is C21H29N3O. The van der Waals surface area contributed by atoms with Gasteiger partial charge in [0.25, 0.3) is 0 Å². The molecule has 3 fully saturated rings. The fourth-order valence-electron chi connectivity index (χ4n) is 5.32. The average Bonchev–Trinajstić information content (AvgIpc) is 3.03. The number of hydrogen-bond donors (Lipinski definition) is 0. The molecule has 25 heavy (non-hydrogen) atoms. The second-order valence-corrected chi connectivity index (χ2v) is 8.54. The largest absolute Gasteiger partial charge is 0.355 e. The van der Waals surface area contributed by atoms with Crippen molar-refractivity contribution in [1.82, 2.24) is 9.88 Å². The summed E-state index contributed by atoms with van der Waals surface area (Å²) in [5.41, 5.74) is 1.01. The van der Waals surface area contributed by atoms with Gasteiger partial charge in [-0.1, -0.05) is 32.1 Å². The number of fused-ring (bicyclic) bond motifs is 2. The molecule has 1 aromatic heterocycles. The molecule has 2 bridgehead atoms. The molecule has 0 unspecified atom stereocenters. The van der Waals surface area contributed by atoms with Crippen molar-refractivity contribution >= 4 is 11.7 Å². The van der Waals surface area contributed by atoms with Gasteiger partial charge in [0.05, 0.1) is 5.41 Å². The zero-order chi connectivity index (χ0) is 17.7. The molecule has 1 aliphatic heterocycles. The number of carbonyl (C=O) groups is 1. The maximum atomic E-state index is 13.5. The summed E-state index contributed by atoms with van der Waals surface area (Å²) < 4.78 is 0. The van der Waals surface area contributed by atoms with E-state index in [4.69, 9.17) is 0 Å². The predicted molar refractivity (Wildman–Crippen MR) is 100 cm³/mol. The number of nitrogens with zero attached hydrogens (tertiary/aromatic N) is 3. The molecule has 134 valence electrons. The van der Waals surface area contributed by atoms with Gasteiger partial charge < -0.3 is 9.80 Å². The number of pyridine rings is 1. The molecule has 1 aromatic rings. The fourth-order valence-corrected chi connectivity index (χ4v) is 5.32. The van der Waals surface area contributed by atoms with E-state index in [0.29, 0.717) is 11.8 Å². The lowest BCUT2D eigenvalue weighted by molar-refractivity contribution is -0.139. The van der Waals surface area contributed by atoms with Crippen LogP contribution in [0, 0.1) is 16.7 Å². The van der Waals surface area contributed by atoms with Gasteiger partial charge in [-0.2, -0.15) is 0 Å². The quantitative estimate of drug-likeness (QED) is 0.774. The Bertz CT molecular complexity index is 684. The molecule has 0 spiro atoms. The smallest absolute Gasteiger partial charge is 0.232 e. The van der Waals surface area contributed by atoms with Crippen molar-refractivity contribution in [3.8, 4) is 0 Å². The van der Waals surface area contributed by atoms with Crippen molar-refractivity contribution in [2.75, 3.05) is 31.1 Å². The number of anilines is 1. The van der Waals surface area contributed by atoms with Gasteiger partial charge in [-0.3, -0.25) is 4.79 Å². The summed E-state index contributed by atoms with van der Waals surface area (Å²) >= 11 is 0. The molecule has 2 heterocycles. The Labute approximate surface area is 150 Å². The number of rotatable bonds is 2. The van der Waals surface area contributed by atoms with Crippen LogP contribution in [0.15, 0.2) is 36.5 Å². The first-order chi connectivity index (χ1) is 11.9. The Morgan fingerprint density at radius 2 is 2.08 bits per heavy atom. The SMILES string of the molecule is C=C1C(C)(C)[C@H]2CC[C@]1(C(=O)N1CCCN(c3ccccn3)CC1)C2. The first-order valence-corrected chi connectivity index (χ1v) is 9.60. The van der Waals surface area contributed by atoms with E-state index >= 15 is 0 Å². The Balaban J connectivity index is 1.50. The van der Waals surface area contributed by atoms with Crippen LogP contribution in [0.4, 0.5) is 5.82 Å². The molecule has 0 radical (unpaired) electrons. The summed E-state index contributed by atoms with van der Waals surface area (Å²) in [6.45, 7) is 12.4. The molecule has 3 aliphatic rings. The third-order valence-electron chi connectivity index (χ3n) is 7.06. The Kier molecular flexibility index (Phi) is 3.89. The lowest BCUT2D eigenvalue weighted by Crippen LogP contribution is -2.45. The standard InChI is InChI=1S/C21H29N3O/c1-16-20(2,3)17-8-9-21(16,15-17)19(25)24-12-6-11-23(13-14-24)18-7-4-5-10-22-18/h4-5,7,10,17H,1,6,8-9,11-15H2,2-3H3/t17-,21-/m0/s1. The van der Waals surface area contributed by atoms with Gasteiger partial charge >= 0.3 is 0 Å². The third kappa shape index (κ3) is 2.49. The van der Waals surface area contributed by atoms with Gasteiger partial charge in [-0.05, 0) is 49.1 Å². The minimum absolute atomic E-state index is 0.111. The summed E-state index contributed by atoms with van der Waals surface area (Å²) in [7, 11) is 0. The zero-order valence-corrected chi connectivity index (χ0v) is 15.5. The molecule has 0 aromatic carbocycles. The highest BCUT2D eigenvalue weighted by Crippen LogP contribution is 2.65. The molecule has 4 heteroatoms. The maximum absolute atomic E-state index is 13.5. The van der Waals surface area contributed by atoms with Gasteiger partial charge in [0.15, 0.2) is 0 Å². The van der Waals surface area contributed by atoms with Crippen molar-refractivity contribution in [3.05, 3.63) is 36.5 Å². The van der Waals surface area contributed by atoms with E-state index in [1.165, 1.54) is 12.0 Å². The average molecular weight is 339 g/mol. The highest BCUT2D eigenvalue weighted by Gasteiger charge is 2.61. The number of carbonyl (C=O) groups excluding carboxylic acids is 1. The topological polar surface area (TPSA) is 36.4 Å².